The molecule has 0 aliphatic carbocycles. The van der Waals surface area contributed by atoms with Crippen LogP contribution in [0.25, 0.3) is 0 Å². The molecule has 2 aromatic rings. The smallest absolute Gasteiger partial charge is 0.387 e. The monoisotopic (exact) mass is 311 g/mol. The van der Waals surface area contributed by atoms with Crippen molar-refractivity contribution in [3.05, 3.63) is 42.2 Å². The number of carboxylic acids is 1. The number of hydrogen-bond acceptors (Lipinski definition) is 4. The van der Waals surface area contributed by atoms with Crippen molar-refractivity contribution in [3.63, 3.8) is 0 Å². The fourth-order valence-corrected chi connectivity index (χ4v) is 1.70. The van der Waals surface area contributed by atoms with Crippen LogP contribution in [0.3, 0.4) is 0 Å². The zero-order chi connectivity index (χ0) is 16.1. The van der Waals surface area contributed by atoms with Crippen molar-refractivity contribution in [2.75, 3.05) is 5.32 Å². The van der Waals surface area contributed by atoms with E-state index in [1.165, 1.54) is 36.5 Å². The lowest BCUT2D eigenvalue weighted by Gasteiger charge is -2.08. The van der Waals surface area contributed by atoms with E-state index in [1.807, 2.05) is 0 Å². The normalized spacial score (nSPS) is 10.5. The summed E-state index contributed by atoms with van der Waals surface area (Å²) in [4.78, 5) is 22.7. The Bertz CT molecular complexity index is 670. The van der Waals surface area contributed by atoms with Crippen LogP contribution in [0, 0.1) is 0 Å². The largest absolute Gasteiger partial charge is 0.477 e. The number of amides is 1. The van der Waals surface area contributed by atoms with Crippen LogP contribution in [0.5, 0.6) is 5.75 Å². The van der Waals surface area contributed by atoms with E-state index in [0.717, 1.165) is 4.68 Å². The second kappa shape index (κ2) is 6.66. The molecule has 1 aromatic carbocycles. The molecule has 7 nitrogen and oxygen atoms in total. The molecule has 1 heterocycles. The highest BCUT2D eigenvalue weighted by Gasteiger charge is 2.13. The number of halogens is 2. The van der Waals surface area contributed by atoms with Gasteiger partial charge in [-0.2, -0.15) is 13.9 Å². The van der Waals surface area contributed by atoms with E-state index >= 15 is 0 Å². The molecule has 9 heteroatoms. The van der Waals surface area contributed by atoms with Gasteiger partial charge in [0.1, 0.15) is 18.0 Å². The van der Waals surface area contributed by atoms with E-state index in [0.29, 0.717) is 5.69 Å². The fourth-order valence-electron chi connectivity index (χ4n) is 1.70. The molecular formula is C13H11F2N3O4. The Labute approximate surface area is 123 Å². The Hall–Kier alpha value is -2.97. The summed E-state index contributed by atoms with van der Waals surface area (Å²) in [7, 11) is 0. The maximum atomic E-state index is 12.0. The van der Waals surface area contributed by atoms with E-state index in [4.69, 9.17) is 5.11 Å². The summed E-state index contributed by atoms with van der Waals surface area (Å²) >= 11 is 0. The standard InChI is InChI=1S/C13H11F2N3O4/c14-13(15)22-9-3-1-8(2-4-9)17-11(19)7-18-10(12(20)21)5-6-16-18/h1-6,13H,7H2,(H,17,19)(H,20,21). The molecule has 0 bridgehead atoms. The van der Waals surface area contributed by atoms with Gasteiger partial charge in [-0.25, -0.2) is 9.48 Å². The molecule has 0 fully saturated rings. The first kappa shape index (κ1) is 15.4. The number of anilines is 1. The summed E-state index contributed by atoms with van der Waals surface area (Å²) in [5.74, 6) is -1.74. The van der Waals surface area contributed by atoms with Gasteiger partial charge < -0.3 is 15.2 Å². The van der Waals surface area contributed by atoms with Gasteiger partial charge in [0.05, 0.1) is 0 Å². The number of hydrogen-bond donors (Lipinski definition) is 2. The first-order valence-electron chi connectivity index (χ1n) is 6.05. The van der Waals surface area contributed by atoms with Gasteiger partial charge in [-0.05, 0) is 30.3 Å². The minimum absolute atomic E-state index is 0.0340. The summed E-state index contributed by atoms with van der Waals surface area (Å²) in [5, 5.41) is 15.1. The lowest BCUT2D eigenvalue weighted by atomic mass is 10.3. The highest BCUT2D eigenvalue weighted by molar-refractivity contribution is 5.91. The van der Waals surface area contributed by atoms with Crippen LogP contribution < -0.4 is 10.1 Å². The van der Waals surface area contributed by atoms with Gasteiger partial charge in [0.15, 0.2) is 0 Å². The molecule has 2 rings (SSSR count). The van der Waals surface area contributed by atoms with Crippen molar-refractivity contribution in [3.8, 4) is 5.75 Å². The third-order valence-electron chi connectivity index (χ3n) is 2.59. The van der Waals surface area contributed by atoms with Crippen LogP contribution in [-0.2, 0) is 11.3 Å². The third-order valence-corrected chi connectivity index (χ3v) is 2.59. The van der Waals surface area contributed by atoms with E-state index in [1.54, 1.807) is 0 Å². The Morgan fingerprint density at radius 3 is 2.55 bits per heavy atom. The molecule has 0 unspecified atom stereocenters. The number of alkyl halides is 2. The number of nitrogens with one attached hydrogen (secondary N) is 1. The summed E-state index contributed by atoms with van der Waals surface area (Å²) in [6.45, 7) is -3.21. The zero-order valence-electron chi connectivity index (χ0n) is 11.1. The van der Waals surface area contributed by atoms with Crippen molar-refractivity contribution in [1.82, 2.24) is 9.78 Å². The molecule has 1 aromatic heterocycles. The molecule has 22 heavy (non-hydrogen) atoms. The molecule has 2 N–H and O–H groups in total. The number of benzene rings is 1. The number of ether oxygens (including phenoxy) is 1. The summed E-state index contributed by atoms with van der Waals surface area (Å²) in [6.07, 6.45) is 1.27. The van der Waals surface area contributed by atoms with Crippen molar-refractivity contribution in [1.29, 1.82) is 0 Å². The Morgan fingerprint density at radius 1 is 1.27 bits per heavy atom. The topological polar surface area (TPSA) is 93.5 Å². The van der Waals surface area contributed by atoms with E-state index in [2.05, 4.69) is 15.2 Å². The molecule has 0 aliphatic rings. The maximum Gasteiger partial charge on any atom is 0.387 e. The highest BCUT2D eigenvalue weighted by Crippen LogP contribution is 2.17. The first-order chi connectivity index (χ1) is 10.5. The van der Waals surface area contributed by atoms with Crippen LogP contribution in [0.4, 0.5) is 14.5 Å². The lowest BCUT2D eigenvalue weighted by molar-refractivity contribution is -0.116. The number of carbonyl (C=O) groups is 2. The zero-order valence-corrected chi connectivity index (χ0v) is 11.1. The molecule has 0 radical (unpaired) electrons. The Morgan fingerprint density at radius 2 is 1.95 bits per heavy atom. The van der Waals surface area contributed by atoms with E-state index in [-0.39, 0.29) is 18.0 Å². The van der Waals surface area contributed by atoms with Crippen molar-refractivity contribution in [2.45, 2.75) is 13.2 Å². The number of nitrogens with zero attached hydrogens (tertiary/aromatic N) is 2. The van der Waals surface area contributed by atoms with Crippen LogP contribution in [0.15, 0.2) is 36.5 Å². The Balaban J connectivity index is 1.97. The predicted octanol–water partition coefficient (Wildman–Crippen LogP) is 1.82. The van der Waals surface area contributed by atoms with Crippen LogP contribution in [-0.4, -0.2) is 33.4 Å². The fraction of sp³-hybridized carbons (Fsp3) is 0.154. The van der Waals surface area contributed by atoms with Gasteiger partial charge in [-0.1, -0.05) is 0 Å². The van der Waals surface area contributed by atoms with E-state index < -0.39 is 18.5 Å². The molecule has 0 saturated carbocycles. The average Bonchev–Trinajstić information content (AvgIpc) is 2.88. The number of rotatable bonds is 6. The van der Waals surface area contributed by atoms with Crippen LogP contribution >= 0.6 is 0 Å². The molecule has 0 atom stereocenters. The van der Waals surface area contributed by atoms with Gasteiger partial charge in [0.25, 0.3) is 0 Å². The van der Waals surface area contributed by atoms with Crippen LogP contribution in [0.2, 0.25) is 0 Å². The Kier molecular flexibility index (Phi) is 4.66. The second-order valence-corrected chi connectivity index (χ2v) is 4.13. The minimum Gasteiger partial charge on any atom is -0.477 e. The van der Waals surface area contributed by atoms with Gasteiger partial charge in [0, 0.05) is 11.9 Å². The quantitative estimate of drug-likeness (QED) is 0.849. The lowest BCUT2D eigenvalue weighted by Crippen LogP contribution is -2.22. The first-order valence-corrected chi connectivity index (χ1v) is 6.05. The molecule has 0 saturated heterocycles. The molecule has 0 spiro atoms. The maximum absolute atomic E-state index is 12.0. The second-order valence-electron chi connectivity index (χ2n) is 4.13. The average molecular weight is 311 g/mol. The van der Waals surface area contributed by atoms with Crippen LogP contribution in [0.1, 0.15) is 10.5 Å². The van der Waals surface area contributed by atoms with Crippen molar-refractivity contribution in [2.24, 2.45) is 0 Å². The van der Waals surface area contributed by atoms with Crippen molar-refractivity contribution < 1.29 is 28.2 Å². The molecule has 1 amide bonds. The van der Waals surface area contributed by atoms with E-state index in [9.17, 15) is 18.4 Å². The number of carboxylic acid groups (broad SMARTS) is 1. The minimum atomic E-state index is -2.92. The van der Waals surface area contributed by atoms with Gasteiger partial charge in [-0.15, -0.1) is 0 Å². The van der Waals surface area contributed by atoms with Crippen molar-refractivity contribution >= 4 is 17.6 Å². The van der Waals surface area contributed by atoms with Gasteiger partial charge in [-0.3, -0.25) is 4.79 Å². The summed E-state index contributed by atoms with van der Waals surface area (Å²) in [6, 6.07) is 6.59. The third kappa shape index (κ3) is 4.01. The molecule has 0 aliphatic heterocycles. The van der Waals surface area contributed by atoms with Gasteiger partial charge in [0.2, 0.25) is 5.91 Å². The summed E-state index contributed by atoms with van der Waals surface area (Å²) < 4.78 is 29.2. The van der Waals surface area contributed by atoms with Gasteiger partial charge >= 0.3 is 12.6 Å². The number of aromatic carboxylic acids is 1. The predicted molar refractivity (Wildman–Crippen MR) is 70.9 cm³/mol. The molecular weight excluding hydrogens is 300 g/mol. The number of carbonyl (C=O) groups excluding carboxylic acids is 1. The summed E-state index contributed by atoms with van der Waals surface area (Å²) in [5.41, 5.74) is 0.242. The highest BCUT2D eigenvalue weighted by atomic mass is 19.3. The SMILES string of the molecule is O=C(Cn1nccc1C(=O)O)Nc1ccc(OC(F)F)cc1. The molecule has 116 valence electrons. The number of aromatic nitrogens is 2.